The van der Waals surface area contributed by atoms with Crippen molar-refractivity contribution in [3.8, 4) is 0 Å². The molecule has 2 heterocycles. The summed E-state index contributed by atoms with van der Waals surface area (Å²) in [7, 11) is 0. The molecule has 18 heavy (non-hydrogen) atoms. The maximum Gasteiger partial charge on any atom is 0.192 e. The highest BCUT2D eigenvalue weighted by atomic mass is 35.5. The van der Waals surface area contributed by atoms with Gasteiger partial charge < -0.3 is 0 Å². The monoisotopic (exact) mass is 358 g/mol. The Morgan fingerprint density at radius 3 is 2.11 bits per heavy atom. The number of hydrogen-bond donors (Lipinski definition) is 0. The quantitative estimate of drug-likeness (QED) is 0.491. The lowest BCUT2D eigenvalue weighted by Gasteiger charge is -2.12. The zero-order chi connectivity index (χ0) is 13.3. The summed E-state index contributed by atoms with van der Waals surface area (Å²) in [5, 5.41) is -1.44. The number of rotatable bonds is 4. The molecule has 96 valence electrons. The minimum absolute atomic E-state index is 0.224. The first-order valence-corrected chi connectivity index (χ1v) is 8.08. The van der Waals surface area contributed by atoms with E-state index in [4.69, 9.17) is 46.4 Å². The summed E-state index contributed by atoms with van der Waals surface area (Å²) in [5.41, 5.74) is 0. The Hall–Kier alpha value is 0.230. The van der Waals surface area contributed by atoms with Gasteiger partial charge >= 0.3 is 0 Å². The number of hydrogen-bond acceptors (Lipinski definition) is 3. The van der Waals surface area contributed by atoms with Crippen LogP contribution in [0, 0.1) is 0 Å². The second-order valence-corrected chi connectivity index (χ2v) is 7.82. The predicted octanol–water partition coefficient (Wildman–Crippen LogP) is 5.89. The molecular weight excluding hydrogens is 354 g/mol. The van der Waals surface area contributed by atoms with Crippen molar-refractivity contribution in [1.82, 2.24) is 0 Å². The number of carbonyl (C=O) groups is 1. The van der Waals surface area contributed by atoms with Crippen molar-refractivity contribution in [2.24, 2.45) is 0 Å². The molecule has 0 saturated carbocycles. The zero-order valence-electron chi connectivity index (χ0n) is 8.70. The van der Waals surface area contributed by atoms with Crippen LogP contribution in [0.4, 0.5) is 0 Å². The summed E-state index contributed by atoms with van der Waals surface area (Å²) >= 11 is 26.4. The van der Waals surface area contributed by atoms with E-state index in [2.05, 4.69) is 0 Å². The number of halogens is 4. The van der Waals surface area contributed by atoms with Gasteiger partial charge in [-0.1, -0.05) is 23.2 Å². The average molecular weight is 360 g/mol. The van der Waals surface area contributed by atoms with Crippen LogP contribution in [0.1, 0.15) is 19.9 Å². The van der Waals surface area contributed by atoms with Crippen LogP contribution < -0.4 is 0 Å². The summed E-state index contributed by atoms with van der Waals surface area (Å²) in [5.74, 6) is -0.224. The largest absolute Gasteiger partial charge is 0.292 e. The van der Waals surface area contributed by atoms with Gasteiger partial charge in [0.25, 0.3) is 0 Å². The van der Waals surface area contributed by atoms with Gasteiger partial charge in [-0.05, 0) is 24.3 Å². The van der Waals surface area contributed by atoms with E-state index in [0.717, 1.165) is 4.88 Å². The van der Waals surface area contributed by atoms with E-state index in [1.54, 1.807) is 24.3 Å². The van der Waals surface area contributed by atoms with Crippen molar-refractivity contribution in [2.75, 3.05) is 0 Å². The molecule has 0 unspecified atom stereocenters. The second-order valence-electron chi connectivity index (χ2n) is 3.41. The van der Waals surface area contributed by atoms with Crippen LogP contribution in [0.15, 0.2) is 24.3 Å². The van der Waals surface area contributed by atoms with Crippen LogP contribution in [0.25, 0.3) is 0 Å². The van der Waals surface area contributed by atoms with Crippen LogP contribution in [0.2, 0.25) is 8.67 Å². The van der Waals surface area contributed by atoms with Crippen molar-refractivity contribution in [3.05, 3.63) is 42.7 Å². The van der Waals surface area contributed by atoms with E-state index >= 15 is 0 Å². The molecule has 0 radical (unpaired) electrons. The predicted molar refractivity (Wildman–Crippen MR) is 81.2 cm³/mol. The van der Waals surface area contributed by atoms with E-state index in [1.807, 2.05) is 0 Å². The van der Waals surface area contributed by atoms with Crippen molar-refractivity contribution >= 4 is 74.9 Å². The molecule has 2 atom stereocenters. The fraction of sp³-hybridized carbons (Fsp3) is 0.182. The highest BCUT2D eigenvalue weighted by Gasteiger charge is 2.28. The summed E-state index contributed by atoms with van der Waals surface area (Å²) in [6.45, 7) is 0. The number of Topliss-reactive ketones (excluding diaryl/α,β-unsaturated/α-hetero) is 1. The van der Waals surface area contributed by atoms with E-state index in [0.29, 0.717) is 13.5 Å². The second kappa shape index (κ2) is 6.12. The summed E-state index contributed by atoms with van der Waals surface area (Å²) in [6, 6.07) is 6.81. The normalized spacial score (nSPS) is 14.4. The van der Waals surface area contributed by atoms with Gasteiger partial charge in [0.2, 0.25) is 0 Å². The lowest BCUT2D eigenvalue weighted by molar-refractivity contribution is 0.0989. The number of carbonyl (C=O) groups excluding carboxylic acids is 1. The van der Waals surface area contributed by atoms with E-state index < -0.39 is 10.8 Å². The fourth-order valence-electron chi connectivity index (χ4n) is 1.34. The molecule has 2 aromatic rings. The lowest BCUT2D eigenvalue weighted by Crippen LogP contribution is -2.18. The van der Waals surface area contributed by atoms with Crippen molar-refractivity contribution in [2.45, 2.75) is 10.8 Å². The highest BCUT2D eigenvalue weighted by Crippen LogP contribution is 2.37. The lowest BCUT2D eigenvalue weighted by atomic mass is 10.1. The smallest absolute Gasteiger partial charge is 0.192 e. The van der Waals surface area contributed by atoms with E-state index in [1.165, 1.54) is 22.7 Å². The molecule has 0 aromatic carbocycles. The summed E-state index contributed by atoms with van der Waals surface area (Å²) in [4.78, 5) is 13.4. The van der Waals surface area contributed by atoms with Crippen LogP contribution in [-0.4, -0.2) is 11.2 Å². The van der Waals surface area contributed by atoms with E-state index in [9.17, 15) is 4.79 Å². The van der Waals surface area contributed by atoms with Gasteiger partial charge in [0.05, 0.1) is 18.9 Å². The van der Waals surface area contributed by atoms with Crippen LogP contribution in [-0.2, 0) is 0 Å². The van der Waals surface area contributed by atoms with Gasteiger partial charge in [-0.25, -0.2) is 0 Å². The molecule has 7 heteroatoms. The summed E-state index contributed by atoms with van der Waals surface area (Å²) in [6.07, 6.45) is 0. The average Bonchev–Trinajstić information content (AvgIpc) is 2.95. The van der Waals surface area contributed by atoms with Crippen LogP contribution >= 0.6 is 69.1 Å². The molecule has 0 aliphatic carbocycles. The number of alkyl halides is 2. The molecule has 0 aliphatic heterocycles. The Labute approximate surface area is 132 Å². The Balaban J connectivity index is 2.16. The maximum atomic E-state index is 12.1. The minimum Gasteiger partial charge on any atom is -0.292 e. The van der Waals surface area contributed by atoms with Crippen LogP contribution in [0.5, 0.6) is 0 Å². The fourth-order valence-corrected chi connectivity index (χ4v) is 4.15. The molecule has 2 rings (SSSR count). The Bertz CT molecular complexity index is 563. The van der Waals surface area contributed by atoms with E-state index in [-0.39, 0.29) is 5.78 Å². The van der Waals surface area contributed by atoms with Crippen molar-refractivity contribution in [3.63, 3.8) is 0 Å². The van der Waals surface area contributed by atoms with Gasteiger partial charge in [-0.15, -0.1) is 45.9 Å². The third kappa shape index (κ3) is 3.21. The van der Waals surface area contributed by atoms with Gasteiger partial charge in [0, 0.05) is 4.88 Å². The Morgan fingerprint density at radius 2 is 1.61 bits per heavy atom. The molecule has 0 spiro atoms. The first-order chi connectivity index (χ1) is 8.49. The first kappa shape index (κ1) is 14.6. The molecule has 0 amide bonds. The van der Waals surface area contributed by atoms with Gasteiger partial charge in [0.15, 0.2) is 5.78 Å². The van der Waals surface area contributed by atoms with Crippen molar-refractivity contribution < 1.29 is 4.79 Å². The zero-order valence-corrected chi connectivity index (χ0v) is 13.4. The molecule has 0 saturated heterocycles. The SMILES string of the molecule is O=C(c1ccc(Cl)s1)[C@H](Cl)[C@H](Cl)c1ccc(Cl)s1. The first-order valence-electron chi connectivity index (χ1n) is 4.82. The topological polar surface area (TPSA) is 17.1 Å². The van der Waals surface area contributed by atoms with Crippen molar-refractivity contribution in [1.29, 1.82) is 0 Å². The number of ketones is 1. The third-order valence-corrected chi connectivity index (χ3v) is 5.94. The molecule has 0 bridgehead atoms. The van der Waals surface area contributed by atoms with Gasteiger partial charge in [0.1, 0.15) is 5.38 Å². The Kier molecular flexibility index (Phi) is 4.98. The molecule has 0 fully saturated rings. The van der Waals surface area contributed by atoms with Gasteiger partial charge in [-0.3, -0.25) is 4.79 Å². The van der Waals surface area contributed by atoms with Crippen LogP contribution in [0.3, 0.4) is 0 Å². The molecule has 1 nitrogen and oxygen atoms in total. The number of thiophene rings is 2. The third-order valence-electron chi connectivity index (χ3n) is 2.19. The molecular formula is C11H6Cl4OS2. The molecule has 0 aliphatic rings. The molecule has 2 aromatic heterocycles. The standard InChI is InChI=1S/C11H6Cl4OS2/c12-7-3-1-5(17-7)9(14)10(15)11(16)6-2-4-8(13)18-6/h1-4,9-10H/t9-,10-/m1/s1. The maximum absolute atomic E-state index is 12.1. The van der Waals surface area contributed by atoms with Gasteiger partial charge in [-0.2, -0.15) is 0 Å². The highest BCUT2D eigenvalue weighted by molar-refractivity contribution is 7.18. The Morgan fingerprint density at radius 1 is 1.00 bits per heavy atom. The summed E-state index contributed by atoms with van der Waals surface area (Å²) < 4.78 is 1.17. The molecule has 0 N–H and O–H groups in total. The minimum atomic E-state index is -0.837.